The zero-order valence-corrected chi connectivity index (χ0v) is 15.0. The Kier molecular flexibility index (Phi) is 4.55. The van der Waals surface area contributed by atoms with Crippen molar-refractivity contribution in [3.8, 4) is 28.3 Å². The lowest BCUT2D eigenvalue weighted by molar-refractivity contribution is 0.143. The van der Waals surface area contributed by atoms with Crippen LogP contribution in [0.3, 0.4) is 0 Å². The second-order valence-electron chi connectivity index (χ2n) is 6.04. The number of fused-ring (bicyclic) bond motifs is 1. The zero-order chi connectivity index (χ0) is 18.8. The van der Waals surface area contributed by atoms with Gasteiger partial charge in [0.05, 0.1) is 24.7 Å². The molecule has 0 aliphatic carbocycles. The van der Waals surface area contributed by atoms with Crippen molar-refractivity contribution in [1.29, 1.82) is 0 Å². The van der Waals surface area contributed by atoms with E-state index in [0.717, 1.165) is 16.7 Å². The first-order valence-corrected chi connectivity index (χ1v) is 8.41. The SMILES string of the molecule is COCCOc1cc(-c2cnn(C)c2)c2nc(-c3ccc(F)cc3)cn2n1. The highest BCUT2D eigenvalue weighted by Gasteiger charge is 2.15. The molecule has 0 amide bonds. The van der Waals surface area contributed by atoms with Crippen molar-refractivity contribution in [2.24, 2.45) is 7.05 Å². The van der Waals surface area contributed by atoms with Crippen molar-refractivity contribution in [2.45, 2.75) is 0 Å². The van der Waals surface area contributed by atoms with Gasteiger partial charge in [0, 0.05) is 43.1 Å². The van der Waals surface area contributed by atoms with Crippen LogP contribution in [-0.4, -0.2) is 44.7 Å². The minimum absolute atomic E-state index is 0.287. The number of methoxy groups -OCH3 is 1. The summed E-state index contributed by atoms with van der Waals surface area (Å²) < 4.78 is 27.3. The van der Waals surface area contributed by atoms with Gasteiger partial charge < -0.3 is 9.47 Å². The average Bonchev–Trinajstić information content (AvgIpc) is 3.28. The van der Waals surface area contributed by atoms with Crippen molar-refractivity contribution in [2.75, 3.05) is 20.3 Å². The number of ether oxygens (including phenoxy) is 2. The molecule has 1 aromatic carbocycles. The second-order valence-corrected chi connectivity index (χ2v) is 6.04. The van der Waals surface area contributed by atoms with Crippen LogP contribution in [0.1, 0.15) is 0 Å². The summed E-state index contributed by atoms with van der Waals surface area (Å²) in [5.74, 6) is 0.173. The van der Waals surface area contributed by atoms with Crippen molar-refractivity contribution in [1.82, 2.24) is 24.4 Å². The molecule has 0 aliphatic heterocycles. The largest absolute Gasteiger partial charge is 0.474 e. The summed E-state index contributed by atoms with van der Waals surface area (Å²) in [5.41, 5.74) is 3.92. The molecule has 0 unspecified atom stereocenters. The fourth-order valence-electron chi connectivity index (χ4n) is 2.79. The predicted octanol–water partition coefficient (Wildman–Crippen LogP) is 2.96. The monoisotopic (exact) mass is 367 g/mol. The number of aromatic nitrogens is 5. The quantitative estimate of drug-likeness (QED) is 0.490. The molecular formula is C19H18FN5O2. The lowest BCUT2D eigenvalue weighted by Gasteiger charge is -2.07. The van der Waals surface area contributed by atoms with E-state index in [9.17, 15) is 4.39 Å². The molecule has 0 saturated carbocycles. The van der Waals surface area contributed by atoms with Crippen molar-refractivity contribution in [3.05, 3.63) is 54.7 Å². The minimum atomic E-state index is -0.287. The molecule has 0 radical (unpaired) electrons. The van der Waals surface area contributed by atoms with Gasteiger partial charge in [-0.15, -0.1) is 5.10 Å². The number of imidazole rings is 1. The first-order valence-electron chi connectivity index (χ1n) is 8.41. The Hall–Kier alpha value is -3.26. The van der Waals surface area contributed by atoms with Crippen LogP contribution in [0.25, 0.3) is 28.0 Å². The van der Waals surface area contributed by atoms with Crippen LogP contribution >= 0.6 is 0 Å². The van der Waals surface area contributed by atoms with Crippen LogP contribution in [0.5, 0.6) is 5.88 Å². The number of halogens is 1. The smallest absolute Gasteiger partial charge is 0.232 e. The second kappa shape index (κ2) is 7.16. The van der Waals surface area contributed by atoms with Crippen LogP contribution in [0, 0.1) is 5.82 Å². The summed E-state index contributed by atoms with van der Waals surface area (Å²) in [4.78, 5) is 4.70. The van der Waals surface area contributed by atoms with Crippen LogP contribution < -0.4 is 4.74 Å². The van der Waals surface area contributed by atoms with Gasteiger partial charge in [0.1, 0.15) is 12.4 Å². The minimum Gasteiger partial charge on any atom is -0.474 e. The van der Waals surface area contributed by atoms with E-state index in [4.69, 9.17) is 14.5 Å². The van der Waals surface area contributed by atoms with Gasteiger partial charge in [0.15, 0.2) is 5.65 Å². The molecule has 7 nitrogen and oxygen atoms in total. The van der Waals surface area contributed by atoms with E-state index >= 15 is 0 Å². The molecular weight excluding hydrogens is 349 g/mol. The standard InChI is InChI=1S/C19H18FN5O2/c1-24-11-14(10-21-24)16-9-18(27-8-7-26-2)23-25-12-17(22-19(16)25)13-3-5-15(20)6-4-13/h3-6,9-12H,7-8H2,1-2H3. The number of hydrogen-bond acceptors (Lipinski definition) is 5. The molecule has 8 heteroatoms. The maximum atomic E-state index is 13.2. The van der Waals surface area contributed by atoms with Gasteiger partial charge in [-0.1, -0.05) is 0 Å². The van der Waals surface area contributed by atoms with E-state index in [0.29, 0.717) is 30.4 Å². The Bertz CT molecular complexity index is 1070. The first-order chi connectivity index (χ1) is 13.1. The average molecular weight is 367 g/mol. The third-order valence-electron chi connectivity index (χ3n) is 4.10. The van der Waals surface area contributed by atoms with E-state index < -0.39 is 0 Å². The van der Waals surface area contributed by atoms with Crippen molar-refractivity contribution >= 4 is 5.65 Å². The molecule has 0 aliphatic rings. The van der Waals surface area contributed by atoms with Gasteiger partial charge in [-0.05, 0) is 24.3 Å². The van der Waals surface area contributed by atoms with Crippen LogP contribution in [0.4, 0.5) is 4.39 Å². The van der Waals surface area contributed by atoms with E-state index in [1.807, 2.05) is 19.3 Å². The number of rotatable bonds is 6. The van der Waals surface area contributed by atoms with Gasteiger partial charge >= 0.3 is 0 Å². The van der Waals surface area contributed by atoms with Crippen molar-refractivity contribution < 1.29 is 13.9 Å². The molecule has 4 rings (SSSR count). The topological polar surface area (TPSA) is 66.5 Å². The number of hydrogen-bond donors (Lipinski definition) is 0. The Morgan fingerprint density at radius 2 is 1.89 bits per heavy atom. The molecule has 0 saturated heterocycles. The lowest BCUT2D eigenvalue weighted by atomic mass is 10.1. The molecule has 138 valence electrons. The predicted molar refractivity (Wildman–Crippen MR) is 98.0 cm³/mol. The highest BCUT2D eigenvalue weighted by molar-refractivity contribution is 5.79. The molecule has 0 atom stereocenters. The molecule has 3 heterocycles. The highest BCUT2D eigenvalue weighted by Crippen LogP contribution is 2.29. The number of nitrogens with zero attached hydrogens (tertiary/aromatic N) is 5. The van der Waals surface area contributed by atoms with E-state index in [-0.39, 0.29) is 5.82 Å². The number of benzene rings is 1. The van der Waals surface area contributed by atoms with Crippen molar-refractivity contribution in [3.63, 3.8) is 0 Å². The summed E-state index contributed by atoms with van der Waals surface area (Å²) in [6.07, 6.45) is 5.46. The first kappa shape index (κ1) is 17.2. The highest BCUT2D eigenvalue weighted by atomic mass is 19.1. The Morgan fingerprint density at radius 3 is 2.59 bits per heavy atom. The molecule has 0 fully saturated rings. The van der Waals surface area contributed by atoms with Gasteiger partial charge in [-0.3, -0.25) is 4.68 Å². The molecule has 0 bridgehead atoms. The fourth-order valence-corrected chi connectivity index (χ4v) is 2.79. The summed E-state index contributed by atoms with van der Waals surface area (Å²) >= 11 is 0. The van der Waals surface area contributed by atoms with Gasteiger partial charge in [0.25, 0.3) is 0 Å². The van der Waals surface area contributed by atoms with Crippen LogP contribution in [0.15, 0.2) is 48.9 Å². The van der Waals surface area contributed by atoms with Crippen LogP contribution in [-0.2, 0) is 11.8 Å². The molecule has 3 aromatic heterocycles. The maximum absolute atomic E-state index is 13.2. The van der Waals surface area contributed by atoms with E-state index in [2.05, 4.69) is 10.2 Å². The van der Waals surface area contributed by atoms with Gasteiger partial charge in [-0.2, -0.15) is 5.10 Å². The summed E-state index contributed by atoms with van der Waals surface area (Å²) in [7, 11) is 3.47. The molecule has 0 N–H and O–H groups in total. The van der Waals surface area contributed by atoms with Gasteiger partial charge in [-0.25, -0.2) is 13.9 Å². The third-order valence-corrected chi connectivity index (χ3v) is 4.10. The molecule has 0 spiro atoms. The summed E-state index contributed by atoms with van der Waals surface area (Å²) in [6, 6.07) is 8.04. The Morgan fingerprint density at radius 1 is 1.07 bits per heavy atom. The summed E-state index contributed by atoms with van der Waals surface area (Å²) in [6.45, 7) is 0.855. The van der Waals surface area contributed by atoms with E-state index in [1.54, 1.807) is 40.8 Å². The number of aryl methyl sites for hydroxylation is 1. The van der Waals surface area contributed by atoms with Gasteiger partial charge in [0.2, 0.25) is 5.88 Å². The fraction of sp³-hybridized carbons (Fsp3) is 0.211. The van der Waals surface area contributed by atoms with E-state index in [1.165, 1.54) is 12.1 Å². The Labute approximate surface area is 155 Å². The van der Waals surface area contributed by atoms with Crippen LogP contribution in [0.2, 0.25) is 0 Å². The molecule has 4 aromatic rings. The summed E-state index contributed by atoms with van der Waals surface area (Å²) in [5, 5.41) is 8.72. The molecule has 27 heavy (non-hydrogen) atoms. The lowest BCUT2D eigenvalue weighted by Crippen LogP contribution is -2.07. The third kappa shape index (κ3) is 3.52. The maximum Gasteiger partial charge on any atom is 0.232 e. The zero-order valence-electron chi connectivity index (χ0n) is 15.0. The Balaban J connectivity index is 1.82. The normalized spacial score (nSPS) is 11.2.